The van der Waals surface area contributed by atoms with Crippen molar-refractivity contribution in [2.75, 3.05) is 14.2 Å². The van der Waals surface area contributed by atoms with Gasteiger partial charge in [0.05, 0.1) is 31.2 Å². The largest absolute Gasteiger partial charge is 0.545 e. The second-order valence-electron chi connectivity index (χ2n) is 6.65. The average molecular weight is 435 g/mol. The summed E-state index contributed by atoms with van der Waals surface area (Å²) in [7, 11) is 3.14. The topological polar surface area (TPSA) is 84.1 Å². The van der Waals surface area contributed by atoms with Crippen LogP contribution < -0.4 is 19.9 Å². The number of hydrogen-bond donors (Lipinski definition) is 0. The molecular weight excluding hydrogens is 418 g/mol. The van der Waals surface area contributed by atoms with Crippen molar-refractivity contribution in [2.45, 2.75) is 0 Å². The fourth-order valence-corrected chi connectivity index (χ4v) is 3.35. The van der Waals surface area contributed by atoms with Crippen LogP contribution in [0.15, 0.2) is 76.1 Å². The van der Waals surface area contributed by atoms with Crippen molar-refractivity contribution in [1.29, 1.82) is 0 Å². The lowest BCUT2D eigenvalue weighted by atomic mass is 10.1. The lowest BCUT2D eigenvalue weighted by Gasteiger charge is -2.10. The molecule has 0 aliphatic heterocycles. The summed E-state index contributed by atoms with van der Waals surface area (Å²) < 4.78 is 16.8. The quantitative estimate of drug-likeness (QED) is 0.465. The SMILES string of the molecule is COc1ccc(-c2cc(=Nc3ccc(C(=O)[O-])cc3)c3cc(Cl)ccc3o2)cc1OC. The standard InChI is InChI=1S/C24H18ClNO5/c1-29-21-9-5-15(11-23(21)30-2)22-13-19(18-12-16(25)6-10-20(18)31-22)26-17-7-3-14(4-8-17)24(27)28/h3-13H,1-2H3,(H,27,28)/p-1. The number of aromatic carboxylic acids is 1. The molecule has 31 heavy (non-hydrogen) atoms. The molecule has 0 spiro atoms. The molecule has 1 heterocycles. The fourth-order valence-electron chi connectivity index (χ4n) is 3.18. The van der Waals surface area contributed by atoms with E-state index in [2.05, 4.69) is 4.99 Å². The van der Waals surface area contributed by atoms with Crippen molar-refractivity contribution < 1.29 is 23.8 Å². The van der Waals surface area contributed by atoms with Gasteiger partial charge in [-0.1, -0.05) is 23.7 Å². The number of halogens is 1. The van der Waals surface area contributed by atoms with Crippen LogP contribution in [0.3, 0.4) is 0 Å². The zero-order valence-corrected chi connectivity index (χ0v) is 17.5. The minimum absolute atomic E-state index is 0.0842. The number of carboxylic acids is 1. The second-order valence-corrected chi connectivity index (χ2v) is 7.09. The van der Waals surface area contributed by atoms with Crippen LogP contribution in [0.4, 0.5) is 5.69 Å². The molecule has 0 aliphatic carbocycles. The van der Waals surface area contributed by atoms with Crippen LogP contribution in [0.25, 0.3) is 22.3 Å². The highest BCUT2D eigenvalue weighted by atomic mass is 35.5. The van der Waals surface area contributed by atoms with Crippen LogP contribution in [0.2, 0.25) is 5.02 Å². The van der Waals surface area contributed by atoms with Gasteiger partial charge in [0.1, 0.15) is 11.3 Å². The first-order valence-corrected chi connectivity index (χ1v) is 9.68. The number of hydrogen-bond acceptors (Lipinski definition) is 6. The molecule has 6 nitrogen and oxygen atoms in total. The van der Waals surface area contributed by atoms with E-state index in [9.17, 15) is 9.90 Å². The van der Waals surface area contributed by atoms with Crippen molar-refractivity contribution in [3.63, 3.8) is 0 Å². The number of benzene rings is 3. The van der Waals surface area contributed by atoms with E-state index in [1.165, 1.54) is 12.1 Å². The fraction of sp³-hybridized carbons (Fsp3) is 0.0833. The van der Waals surface area contributed by atoms with Gasteiger partial charge in [0.15, 0.2) is 11.5 Å². The third-order valence-corrected chi connectivity index (χ3v) is 4.96. The Bertz CT molecular complexity index is 1340. The predicted octanol–water partition coefficient (Wildman–Crippen LogP) is 4.37. The van der Waals surface area contributed by atoms with E-state index >= 15 is 0 Å². The number of carbonyl (C=O) groups excluding carboxylic acids is 1. The van der Waals surface area contributed by atoms with Crippen molar-refractivity contribution in [3.8, 4) is 22.8 Å². The van der Waals surface area contributed by atoms with Gasteiger partial charge in [-0.05, 0) is 54.1 Å². The van der Waals surface area contributed by atoms with Crippen molar-refractivity contribution >= 4 is 34.2 Å². The number of ether oxygens (including phenoxy) is 2. The second kappa shape index (κ2) is 8.53. The maximum Gasteiger partial charge on any atom is 0.161 e. The summed E-state index contributed by atoms with van der Waals surface area (Å²) in [4.78, 5) is 15.7. The number of carboxylic acid groups (broad SMARTS) is 1. The van der Waals surface area contributed by atoms with Crippen molar-refractivity contribution in [3.05, 3.63) is 82.7 Å². The lowest BCUT2D eigenvalue weighted by molar-refractivity contribution is -0.255. The number of carbonyl (C=O) groups is 1. The molecule has 0 atom stereocenters. The molecule has 4 aromatic rings. The van der Waals surface area contributed by atoms with Crippen LogP contribution in [0.1, 0.15) is 10.4 Å². The van der Waals surface area contributed by atoms with Gasteiger partial charge in [-0.25, -0.2) is 4.99 Å². The first-order chi connectivity index (χ1) is 15.0. The van der Waals surface area contributed by atoms with E-state index in [-0.39, 0.29) is 5.56 Å². The van der Waals surface area contributed by atoms with Gasteiger partial charge >= 0.3 is 0 Å². The highest BCUT2D eigenvalue weighted by molar-refractivity contribution is 6.31. The maximum atomic E-state index is 11.0. The third kappa shape index (κ3) is 4.25. The molecule has 0 N–H and O–H groups in total. The van der Waals surface area contributed by atoms with E-state index < -0.39 is 5.97 Å². The van der Waals surface area contributed by atoms with E-state index in [4.69, 9.17) is 25.5 Å². The van der Waals surface area contributed by atoms with Crippen LogP contribution in [0, 0.1) is 0 Å². The Balaban J connectivity index is 1.92. The summed E-state index contributed by atoms with van der Waals surface area (Å²) in [5, 5.41) is 12.9. The van der Waals surface area contributed by atoms with Crippen LogP contribution in [0.5, 0.6) is 11.5 Å². The van der Waals surface area contributed by atoms with Crippen molar-refractivity contribution in [1.82, 2.24) is 0 Å². The molecule has 0 unspecified atom stereocenters. The summed E-state index contributed by atoms with van der Waals surface area (Å²) in [6.45, 7) is 0. The Kier molecular flexibility index (Phi) is 5.64. The van der Waals surface area contributed by atoms with Gasteiger partial charge in [-0.15, -0.1) is 0 Å². The molecule has 0 saturated carbocycles. The molecule has 0 radical (unpaired) electrons. The molecule has 7 heteroatoms. The zero-order chi connectivity index (χ0) is 22.0. The normalized spacial score (nSPS) is 11.5. The van der Waals surface area contributed by atoms with Gasteiger partial charge in [0.25, 0.3) is 0 Å². The monoisotopic (exact) mass is 434 g/mol. The minimum atomic E-state index is -1.24. The Morgan fingerprint density at radius 1 is 0.935 bits per heavy atom. The molecular formula is C24H17ClNO5-. The van der Waals surface area contributed by atoms with Crippen LogP contribution in [-0.2, 0) is 0 Å². The molecule has 0 amide bonds. The Hall–Kier alpha value is -3.77. The summed E-state index contributed by atoms with van der Waals surface area (Å²) in [6, 6.07) is 18.7. The number of rotatable bonds is 5. The average Bonchev–Trinajstić information content (AvgIpc) is 2.79. The van der Waals surface area contributed by atoms with E-state index in [1.54, 1.807) is 56.7 Å². The number of fused-ring (bicyclic) bond motifs is 1. The van der Waals surface area contributed by atoms with Gasteiger partial charge < -0.3 is 23.8 Å². The molecule has 156 valence electrons. The third-order valence-electron chi connectivity index (χ3n) is 4.73. The molecule has 3 aromatic carbocycles. The lowest BCUT2D eigenvalue weighted by Crippen LogP contribution is -2.21. The number of nitrogens with zero attached hydrogens (tertiary/aromatic N) is 1. The highest BCUT2D eigenvalue weighted by Crippen LogP contribution is 2.33. The number of methoxy groups -OCH3 is 2. The summed E-state index contributed by atoms with van der Waals surface area (Å²) in [6.07, 6.45) is 0. The van der Waals surface area contributed by atoms with Gasteiger partial charge in [-0.2, -0.15) is 0 Å². The Labute approximate surface area is 183 Å². The first kappa shape index (κ1) is 20.5. The van der Waals surface area contributed by atoms with Gasteiger partial charge in [-0.3, -0.25) is 0 Å². The Morgan fingerprint density at radius 2 is 1.68 bits per heavy atom. The van der Waals surface area contributed by atoms with Gasteiger partial charge in [0.2, 0.25) is 0 Å². The molecule has 0 saturated heterocycles. The molecule has 1 aromatic heterocycles. The minimum Gasteiger partial charge on any atom is -0.545 e. The summed E-state index contributed by atoms with van der Waals surface area (Å²) in [5.41, 5.74) is 2.04. The molecule has 0 aliphatic rings. The molecule has 0 fully saturated rings. The molecule has 4 rings (SSSR count). The maximum absolute atomic E-state index is 11.0. The predicted molar refractivity (Wildman–Crippen MR) is 116 cm³/mol. The van der Waals surface area contributed by atoms with Crippen LogP contribution >= 0.6 is 11.6 Å². The summed E-state index contributed by atoms with van der Waals surface area (Å²) >= 11 is 6.19. The molecule has 0 bridgehead atoms. The van der Waals surface area contributed by atoms with Crippen LogP contribution in [-0.4, -0.2) is 20.2 Å². The van der Waals surface area contributed by atoms with E-state index in [1.807, 2.05) is 12.1 Å². The van der Waals surface area contributed by atoms with E-state index in [0.717, 1.165) is 10.9 Å². The smallest absolute Gasteiger partial charge is 0.161 e. The highest BCUT2D eigenvalue weighted by Gasteiger charge is 2.11. The zero-order valence-electron chi connectivity index (χ0n) is 16.7. The summed E-state index contributed by atoms with van der Waals surface area (Å²) in [5.74, 6) is 0.512. The first-order valence-electron chi connectivity index (χ1n) is 9.30. The van der Waals surface area contributed by atoms with Gasteiger partial charge in [0, 0.05) is 22.0 Å². The van der Waals surface area contributed by atoms with E-state index in [0.29, 0.717) is 38.9 Å². The Morgan fingerprint density at radius 3 is 2.35 bits per heavy atom. The van der Waals surface area contributed by atoms with Crippen molar-refractivity contribution in [2.24, 2.45) is 4.99 Å².